The number of rotatable bonds is 2. The summed E-state index contributed by atoms with van der Waals surface area (Å²) in [6.07, 6.45) is 8.49. The summed E-state index contributed by atoms with van der Waals surface area (Å²) >= 11 is 0. The Labute approximate surface area is 155 Å². The first kappa shape index (κ1) is 17.6. The van der Waals surface area contributed by atoms with E-state index in [2.05, 4.69) is 10.8 Å². The van der Waals surface area contributed by atoms with E-state index in [-0.39, 0.29) is 11.8 Å². The molecule has 0 N–H and O–H groups in total. The van der Waals surface area contributed by atoms with Gasteiger partial charge in [0.25, 0.3) is 0 Å². The summed E-state index contributed by atoms with van der Waals surface area (Å²) in [6.45, 7) is 7.59. The van der Waals surface area contributed by atoms with Gasteiger partial charge in [-0.2, -0.15) is 0 Å². The van der Waals surface area contributed by atoms with E-state index >= 15 is 0 Å². The first-order valence-corrected chi connectivity index (χ1v) is 10.1. The maximum atomic E-state index is 13.1. The molecule has 0 radical (unpaired) electrons. The number of piperidine rings is 1. The van der Waals surface area contributed by atoms with Crippen LogP contribution in [-0.4, -0.2) is 57.3 Å². The topological polar surface area (TPSA) is 58.4 Å². The van der Waals surface area contributed by atoms with Gasteiger partial charge < -0.3 is 14.4 Å². The minimum atomic E-state index is -0.412. The Kier molecular flexibility index (Phi) is 4.53. The predicted octanol–water partition coefficient (Wildman–Crippen LogP) is 2.18. The Bertz CT molecular complexity index is 705. The van der Waals surface area contributed by atoms with Gasteiger partial charge in [0.1, 0.15) is 5.82 Å². The third-order valence-electron chi connectivity index (χ3n) is 6.62. The normalized spacial score (nSPS) is 26.8. The first-order valence-electron chi connectivity index (χ1n) is 10.1. The van der Waals surface area contributed by atoms with E-state index in [4.69, 9.17) is 4.98 Å². The van der Waals surface area contributed by atoms with Crippen LogP contribution in [0.4, 0.5) is 0 Å². The molecule has 6 nitrogen and oxygen atoms in total. The van der Waals surface area contributed by atoms with Crippen molar-refractivity contribution in [3.05, 3.63) is 17.7 Å². The number of likely N-dealkylation sites (tertiary alicyclic amines) is 2. The summed E-state index contributed by atoms with van der Waals surface area (Å²) in [5.74, 6) is 2.01. The molecule has 4 heterocycles. The molecular weight excluding hydrogens is 328 g/mol. The zero-order chi connectivity index (χ0) is 18.3. The first-order chi connectivity index (χ1) is 12.5. The number of carbonyl (C=O) groups excluding carboxylic acids is 2. The number of amides is 2. The quantitative estimate of drug-likeness (QED) is 0.814. The number of hydrogen-bond donors (Lipinski definition) is 0. The summed E-state index contributed by atoms with van der Waals surface area (Å²) in [5, 5.41) is 0. The Morgan fingerprint density at radius 1 is 1.12 bits per heavy atom. The van der Waals surface area contributed by atoms with Gasteiger partial charge in [-0.15, -0.1) is 0 Å². The van der Waals surface area contributed by atoms with Crippen molar-refractivity contribution in [1.29, 1.82) is 0 Å². The molecule has 26 heavy (non-hydrogen) atoms. The predicted molar refractivity (Wildman–Crippen MR) is 98.7 cm³/mol. The van der Waals surface area contributed by atoms with Crippen LogP contribution >= 0.6 is 0 Å². The third kappa shape index (κ3) is 3.03. The maximum Gasteiger partial charge on any atom is 0.230 e. The highest BCUT2D eigenvalue weighted by atomic mass is 16.2. The van der Waals surface area contributed by atoms with Gasteiger partial charge in [-0.1, -0.05) is 0 Å². The molecule has 0 aromatic carbocycles. The summed E-state index contributed by atoms with van der Waals surface area (Å²) < 4.78 is 2.43. The van der Waals surface area contributed by atoms with Crippen LogP contribution in [0.5, 0.6) is 0 Å². The third-order valence-corrected chi connectivity index (χ3v) is 6.62. The number of hydrogen-bond acceptors (Lipinski definition) is 3. The molecule has 0 aliphatic carbocycles. The van der Waals surface area contributed by atoms with Crippen molar-refractivity contribution in [2.45, 2.75) is 64.8 Å². The van der Waals surface area contributed by atoms with Crippen molar-refractivity contribution in [3.63, 3.8) is 0 Å². The molecule has 1 aromatic rings. The van der Waals surface area contributed by atoms with Gasteiger partial charge in [-0.05, 0) is 45.4 Å². The monoisotopic (exact) mass is 358 g/mol. The smallest absolute Gasteiger partial charge is 0.230 e. The molecule has 2 fully saturated rings. The molecule has 3 aliphatic heterocycles. The fraction of sp³-hybridized carbons (Fsp3) is 0.750. The highest BCUT2D eigenvalue weighted by Gasteiger charge is 2.44. The fourth-order valence-electron chi connectivity index (χ4n) is 4.91. The Balaban J connectivity index is 1.39. The van der Waals surface area contributed by atoms with Gasteiger partial charge in [-0.25, -0.2) is 4.98 Å². The van der Waals surface area contributed by atoms with E-state index in [0.717, 1.165) is 45.3 Å². The fourth-order valence-corrected chi connectivity index (χ4v) is 4.91. The lowest BCUT2D eigenvalue weighted by molar-refractivity contribution is -0.142. The lowest BCUT2D eigenvalue weighted by atomic mass is 9.86. The number of aromatic nitrogens is 2. The van der Waals surface area contributed by atoms with Crippen molar-refractivity contribution in [2.24, 2.45) is 5.41 Å². The van der Waals surface area contributed by atoms with E-state index in [1.165, 1.54) is 24.4 Å². The minimum Gasteiger partial charge on any atom is -0.342 e. The number of aryl methyl sites for hydroxylation is 1. The second-order valence-electron chi connectivity index (χ2n) is 8.53. The standard InChI is InChI=1S/C20H30N4O2/c1-15(25)23-12-8-20(2,14-23)19(26)22-10-6-16(7-11-22)18-21-13-17-5-3-4-9-24(17)18/h13,16H,3-12,14H2,1-2H3. The molecular formula is C20H30N4O2. The van der Waals surface area contributed by atoms with Crippen molar-refractivity contribution >= 4 is 11.8 Å². The number of carbonyl (C=O) groups is 2. The lowest BCUT2D eigenvalue weighted by Crippen LogP contribution is -2.47. The SMILES string of the molecule is CC(=O)N1CCC(C)(C(=O)N2CCC(c3ncc4n3CCCC4)CC2)C1. The summed E-state index contributed by atoms with van der Waals surface area (Å²) in [6, 6.07) is 0. The van der Waals surface area contributed by atoms with Crippen molar-refractivity contribution in [3.8, 4) is 0 Å². The minimum absolute atomic E-state index is 0.0734. The summed E-state index contributed by atoms with van der Waals surface area (Å²) in [4.78, 5) is 33.3. The number of imidazole rings is 1. The second kappa shape index (κ2) is 6.71. The van der Waals surface area contributed by atoms with Gasteiger partial charge in [0, 0.05) is 57.5 Å². The van der Waals surface area contributed by atoms with E-state index in [1.54, 1.807) is 6.92 Å². The van der Waals surface area contributed by atoms with Crippen LogP contribution in [0.3, 0.4) is 0 Å². The van der Waals surface area contributed by atoms with Crippen molar-refractivity contribution in [2.75, 3.05) is 26.2 Å². The highest BCUT2D eigenvalue weighted by molar-refractivity contribution is 5.84. The van der Waals surface area contributed by atoms with E-state index in [9.17, 15) is 9.59 Å². The molecule has 142 valence electrons. The molecule has 1 unspecified atom stereocenters. The zero-order valence-corrected chi connectivity index (χ0v) is 16.0. The largest absolute Gasteiger partial charge is 0.342 e. The average Bonchev–Trinajstić information content (AvgIpc) is 3.26. The van der Waals surface area contributed by atoms with Gasteiger partial charge >= 0.3 is 0 Å². The van der Waals surface area contributed by atoms with Crippen LogP contribution in [0.25, 0.3) is 0 Å². The molecule has 0 spiro atoms. The molecule has 2 amide bonds. The summed E-state index contributed by atoms with van der Waals surface area (Å²) in [5.41, 5.74) is 0.970. The molecule has 0 bridgehead atoms. The lowest BCUT2D eigenvalue weighted by Gasteiger charge is -2.37. The molecule has 2 saturated heterocycles. The van der Waals surface area contributed by atoms with Crippen LogP contribution in [-0.2, 0) is 22.6 Å². The molecule has 1 aromatic heterocycles. The Hall–Kier alpha value is -1.85. The van der Waals surface area contributed by atoms with Crippen LogP contribution < -0.4 is 0 Å². The van der Waals surface area contributed by atoms with Gasteiger partial charge in [-0.3, -0.25) is 9.59 Å². The van der Waals surface area contributed by atoms with Crippen molar-refractivity contribution < 1.29 is 9.59 Å². The van der Waals surface area contributed by atoms with Gasteiger partial charge in [0.2, 0.25) is 11.8 Å². The van der Waals surface area contributed by atoms with E-state index in [0.29, 0.717) is 19.0 Å². The second-order valence-corrected chi connectivity index (χ2v) is 8.53. The molecule has 3 aliphatic rings. The molecule has 6 heteroatoms. The Morgan fingerprint density at radius 3 is 2.58 bits per heavy atom. The van der Waals surface area contributed by atoms with Gasteiger partial charge in [0.05, 0.1) is 5.41 Å². The van der Waals surface area contributed by atoms with E-state index in [1.807, 2.05) is 16.7 Å². The Morgan fingerprint density at radius 2 is 1.88 bits per heavy atom. The van der Waals surface area contributed by atoms with Crippen molar-refractivity contribution in [1.82, 2.24) is 19.4 Å². The maximum absolute atomic E-state index is 13.1. The van der Waals surface area contributed by atoms with Crippen LogP contribution in [0.2, 0.25) is 0 Å². The summed E-state index contributed by atoms with van der Waals surface area (Å²) in [7, 11) is 0. The molecule has 4 rings (SSSR count). The van der Waals surface area contributed by atoms with E-state index < -0.39 is 5.41 Å². The average molecular weight is 358 g/mol. The van der Waals surface area contributed by atoms with Crippen LogP contribution in [0.1, 0.15) is 63.4 Å². The number of fused-ring (bicyclic) bond motifs is 1. The molecule has 0 saturated carbocycles. The van der Waals surface area contributed by atoms with Gasteiger partial charge in [0.15, 0.2) is 0 Å². The number of nitrogens with zero attached hydrogens (tertiary/aromatic N) is 4. The van der Waals surface area contributed by atoms with Crippen LogP contribution in [0, 0.1) is 5.41 Å². The molecule has 1 atom stereocenters. The zero-order valence-electron chi connectivity index (χ0n) is 16.0. The highest BCUT2D eigenvalue weighted by Crippen LogP contribution is 2.35. The van der Waals surface area contributed by atoms with Crippen LogP contribution in [0.15, 0.2) is 6.20 Å².